The quantitative estimate of drug-likeness (QED) is 0.686. The minimum atomic E-state index is 0.641. The van der Waals surface area contributed by atoms with Crippen LogP contribution in [0, 0.1) is 0 Å². The number of fused-ring (bicyclic) bond motifs is 1. The molecule has 2 nitrogen and oxygen atoms in total. The van der Waals surface area contributed by atoms with Gasteiger partial charge in [0.05, 0.1) is 23.5 Å². The van der Waals surface area contributed by atoms with Gasteiger partial charge in [0, 0.05) is 16.1 Å². The molecule has 0 amide bonds. The molecule has 16 heavy (non-hydrogen) atoms. The van der Waals surface area contributed by atoms with Crippen molar-refractivity contribution >= 4 is 23.2 Å². The zero-order chi connectivity index (χ0) is 11.3. The molecule has 0 N–H and O–H groups in total. The van der Waals surface area contributed by atoms with Crippen molar-refractivity contribution in [3.05, 3.63) is 34.3 Å². The van der Waals surface area contributed by atoms with Gasteiger partial charge in [-0.2, -0.15) is 0 Å². The molecule has 0 bridgehead atoms. The SMILES string of the molecule is COc1ccc(Cl)cc1-c1nc2cc-2c1Cl. The number of hydrogen-bond donors (Lipinski definition) is 0. The Morgan fingerprint density at radius 3 is 2.56 bits per heavy atom. The second-order valence-corrected chi connectivity index (χ2v) is 4.38. The molecule has 0 saturated heterocycles. The molecule has 0 spiro atoms. The third-order valence-corrected chi connectivity index (χ3v) is 3.18. The Labute approximate surface area is 103 Å². The van der Waals surface area contributed by atoms with E-state index in [2.05, 4.69) is 4.98 Å². The number of nitrogens with zero attached hydrogens (tertiary/aromatic N) is 1. The maximum absolute atomic E-state index is 6.18. The van der Waals surface area contributed by atoms with Crippen molar-refractivity contribution in [2.45, 2.75) is 0 Å². The molecule has 0 radical (unpaired) electrons. The Kier molecular flexibility index (Phi) is 2.09. The molecule has 1 aliphatic heterocycles. The molecule has 3 rings (SSSR count). The lowest BCUT2D eigenvalue weighted by atomic mass is 10.1. The summed E-state index contributed by atoms with van der Waals surface area (Å²) in [5, 5.41) is 1.32. The summed E-state index contributed by atoms with van der Waals surface area (Å²) in [5.74, 6) is 0.726. The molecule has 4 heteroatoms. The van der Waals surface area contributed by atoms with Crippen LogP contribution in [-0.2, 0) is 0 Å². The molecule has 1 aromatic rings. The highest BCUT2D eigenvalue weighted by atomic mass is 35.5. The molecule has 2 aliphatic rings. The molecule has 0 fully saturated rings. The second kappa shape index (κ2) is 3.37. The first-order valence-corrected chi connectivity index (χ1v) is 5.51. The van der Waals surface area contributed by atoms with Crippen molar-refractivity contribution < 1.29 is 4.74 Å². The van der Waals surface area contributed by atoms with Gasteiger partial charge in [-0.3, -0.25) is 0 Å². The fraction of sp³-hybridized carbons (Fsp3) is 0.0833. The normalized spacial score (nSPS) is 11.4. The highest BCUT2D eigenvalue weighted by Gasteiger charge is 2.26. The molecule has 0 saturated carbocycles. The summed E-state index contributed by atoms with van der Waals surface area (Å²) >= 11 is 12.1. The van der Waals surface area contributed by atoms with Crippen LogP contribution in [0.4, 0.5) is 0 Å². The average Bonchev–Trinajstić information content (AvgIpc) is 2.98. The van der Waals surface area contributed by atoms with E-state index in [1.165, 1.54) is 0 Å². The number of hydrogen-bond acceptors (Lipinski definition) is 2. The standard InChI is InChI=1S/C12H7Cl2NO/c1-16-10-3-2-6(13)4-8(10)12-11(14)7-5-9(7)15-12/h2-5H,1H3. The van der Waals surface area contributed by atoms with Crippen LogP contribution in [-0.4, -0.2) is 12.1 Å². The van der Waals surface area contributed by atoms with Gasteiger partial charge >= 0.3 is 0 Å². The fourth-order valence-corrected chi connectivity index (χ4v) is 2.18. The van der Waals surface area contributed by atoms with Crippen molar-refractivity contribution in [2.24, 2.45) is 0 Å². The first-order chi connectivity index (χ1) is 7.70. The fourth-order valence-electron chi connectivity index (χ4n) is 1.71. The lowest BCUT2D eigenvalue weighted by Crippen LogP contribution is -1.88. The number of pyridine rings is 1. The Morgan fingerprint density at radius 1 is 1.12 bits per heavy atom. The predicted molar refractivity (Wildman–Crippen MR) is 65.2 cm³/mol. The third-order valence-electron chi connectivity index (χ3n) is 2.57. The van der Waals surface area contributed by atoms with Gasteiger partial charge in [0.2, 0.25) is 0 Å². The van der Waals surface area contributed by atoms with Gasteiger partial charge in [-0.15, -0.1) is 0 Å². The minimum Gasteiger partial charge on any atom is -0.496 e. The summed E-state index contributed by atoms with van der Waals surface area (Å²) in [6, 6.07) is 7.35. The van der Waals surface area contributed by atoms with Crippen LogP contribution in [0.15, 0.2) is 24.3 Å². The number of ether oxygens (including phenoxy) is 1. The van der Waals surface area contributed by atoms with E-state index in [9.17, 15) is 0 Å². The van der Waals surface area contributed by atoms with Crippen LogP contribution in [0.25, 0.3) is 22.5 Å². The summed E-state index contributed by atoms with van der Waals surface area (Å²) in [4.78, 5) is 4.40. The van der Waals surface area contributed by atoms with Crippen LogP contribution >= 0.6 is 23.2 Å². The van der Waals surface area contributed by atoms with Crippen molar-refractivity contribution in [1.29, 1.82) is 0 Å². The average molecular weight is 252 g/mol. The largest absolute Gasteiger partial charge is 0.496 e. The van der Waals surface area contributed by atoms with Crippen LogP contribution in [0.2, 0.25) is 10.0 Å². The lowest BCUT2D eigenvalue weighted by Gasteiger charge is -2.07. The van der Waals surface area contributed by atoms with E-state index < -0.39 is 0 Å². The Bertz CT molecular complexity index is 596. The van der Waals surface area contributed by atoms with E-state index in [4.69, 9.17) is 27.9 Å². The van der Waals surface area contributed by atoms with E-state index >= 15 is 0 Å². The van der Waals surface area contributed by atoms with Crippen molar-refractivity contribution in [1.82, 2.24) is 4.98 Å². The summed E-state index contributed by atoms with van der Waals surface area (Å²) in [6.45, 7) is 0. The second-order valence-electron chi connectivity index (χ2n) is 3.56. The molecule has 1 aliphatic carbocycles. The van der Waals surface area contributed by atoms with E-state index in [1.54, 1.807) is 13.2 Å². The number of rotatable bonds is 2. The van der Waals surface area contributed by atoms with Crippen LogP contribution < -0.4 is 4.74 Å². The molecule has 0 unspecified atom stereocenters. The first kappa shape index (κ1) is 9.94. The molecular formula is C12H7Cl2NO. The van der Waals surface area contributed by atoms with Gasteiger partial charge in [0.15, 0.2) is 0 Å². The van der Waals surface area contributed by atoms with Crippen molar-refractivity contribution in [3.8, 4) is 28.3 Å². The van der Waals surface area contributed by atoms with Crippen LogP contribution in [0.5, 0.6) is 5.75 Å². The first-order valence-electron chi connectivity index (χ1n) is 4.75. The van der Waals surface area contributed by atoms with Gasteiger partial charge in [-0.05, 0) is 24.3 Å². The van der Waals surface area contributed by atoms with Crippen LogP contribution in [0.3, 0.4) is 0 Å². The minimum absolute atomic E-state index is 0.641. The van der Waals surface area contributed by atoms with Crippen molar-refractivity contribution in [3.63, 3.8) is 0 Å². The summed E-state index contributed by atoms with van der Waals surface area (Å²) in [7, 11) is 1.61. The van der Waals surface area contributed by atoms with E-state index in [0.717, 1.165) is 28.3 Å². The van der Waals surface area contributed by atoms with Gasteiger partial charge in [-0.25, -0.2) is 4.98 Å². The van der Waals surface area contributed by atoms with Crippen LogP contribution in [0.1, 0.15) is 0 Å². The third kappa shape index (κ3) is 1.38. The Morgan fingerprint density at radius 2 is 1.94 bits per heavy atom. The predicted octanol–water partition coefficient (Wildman–Crippen LogP) is 4.04. The Balaban J connectivity index is 2.21. The monoisotopic (exact) mass is 251 g/mol. The number of benzene rings is 1. The van der Waals surface area contributed by atoms with Gasteiger partial charge in [-0.1, -0.05) is 23.2 Å². The lowest BCUT2D eigenvalue weighted by molar-refractivity contribution is 0.416. The Hall–Kier alpha value is -1.25. The molecule has 1 heterocycles. The summed E-state index contributed by atoms with van der Waals surface area (Å²) < 4.78 is 5.27. The topological polar surface area (TPSA) is 22.1 Å². The molecule has 80 valence electrons. The highest BCUT2D eigenvalue weighted by molar-refractivity contribution is 6.37. The number of halogens is 2. The number of aromatic nitrogens is 1. The van der Waals surface area contributed by atoms with E-state index in [-0.39, 0.29) is 0 Å². The molecule has 0 atom stereocenters. The maximum Gasteiger partial charge on any atom is 0.128 e. The molecule has 0 aromatic heterocycles. The van der Waals surface area contributed by atoms with Gasteiger partial charge in [0.25, 0.3) is 0 Å². The van der Waals surface area contributed by atoms with Crippen molar-refractivity contribution in [2.75, 3.05) is 7.11 Å². The zero-order valence-corrected chi connectivity index (χ0v) is 9.93. The highest BCUT2D eigenvalue weighted by Crippen LogP contribution is 2.47. The zero-order valence-electron chi connectivity index (χ0n) is 8.42. The van der Waals surface area contributed by atoms with E-state index in [1.807, 2.05) is 18.2 Å². The molecule has 1 aromatic carbocycles. The maximum atomic E-state index is 6.18. The smallest absolute Gasteiger partial charge is 0.128 e. The van der Waals surface area contributed by atoms with Gasteiger partial charge in [0.1, 0.15) is 5.75 Å². The van der Waals surface area contributed by atoms with E-state index in [0.29, 0.717) is 10.0 Å². The summed E-state index contributed by atoms with van der Waals surface area (Å²) in [6.07, 6.45) is 0. The van der Waals surface area contributed by atoms with Gasteiger partial charge < -0.3 is 4.74 Å². The molecular weight excluding hydrogens is 245 g/mol. The number of methoxy groups -OCH3 is 1. The summed E-state index contributed by atoms with van der Waals surface area (Å²) in [5.41, 5.74) is 3.56.